The van der Waals surface area contributed by atoms with Gasteiger partial charge in [0.25, 0.3) is 0 Å². The van der Waals surface area contributed by atoms with Crippen LogP contribution in [0.5, 0.6) is 0 Å². The molecule has 0 saturated heterocycles. The molecule has 70 valence electrons. The maximum atomic E-state index is 4.31. The Morgan fingerprint density at radius 3 is 3.00 bits per heavy atom. The molecule has 1 aromatic heterocycles. The number of rotatable bonds is 3. The van der Waals surface area contributed by atoms with Crippen LogP contribution in [-0.2, 0) is 0 Å². The van der Waals surface area contributed by atoms with E-state index in [1.54, 1.807) is 11.3 Å². The molecule has 0 atom stereocenters. The number of aromatic nitrogens is 1. The predicted octanol–water partition coefficient (Wildman–Crippen LogP) is 1.93. The van der Waals surface area contributed by atoms with Crippen molar-refractivity contribution in [3.8, 4) is 0 Å². The van der Waals surface area contributed by atoms with Crippen LogP contribution in [0.1, 0.15) is 29.7 Å². The molecule has 0 aliphatic heterocycles. The first-order valence-corrected chi connectivity index (χ1v) is 5.30. The molecule has 0 spiro atoms. The molecule has 1 aromatic rings. The van der Waals surface area contributed by atoms with Crippen LogP contribution in [-0.4, -0.2) is 16.7 Å². The first-order valence-electron chi connectivity index (χ1n) is 4.48. The second-order valence-corrected chi connectivity index (χ2v) is 4.58. The van der Waals surface area contributed by atoms with Crippen molar-refractivity contribution in [3.63, 3.8) is 0 Å². The van der Waals surface area contributed by atoms with E-state index < -0.39 is 0 Å². The average Bonchev–Trinajstić information content (AvgIpc) is 2.84. The topological polar surface area (TPSA) is 37.3 Å². The molecule has 1 aliphatic rings. The number of aryl methyl sites for hydroxylation is 1. The van der Waals surface area contributed by atoms with Crippen LogP contribution >= 0.6 is 11.3 Å². The van der Waals surface area contributed by atoms with Crippen LogP contribution in [0.4, 0.5) is 0 Å². The van der Waals surface area contributed by atoms with Crippen LogP contribution in [0.3, 0.4) is 0 Å². The molecule has 1 saturated carbocycles. The fourth-order valence-electron chi connectivity index (χ4n) is 0.984. The molecule has 1 aliphatic carbocycles. The Bertz CT molecular complexity index is 325. The number of hydrogen-bond acceptors (Lipinski definition) is 4. The van der Waals surface area contributed by atoms with Gasteiger partial charge < -0.3 is 5.43 Å². The number of nitrogens with one attached hydrogen (secondary N) is 1. The third-order valence-electron chi connectivity index (χ3n) is 1.97. The summed E-state index contributed by atoms with van der Waals surface area (Å²) >= 11 is 1.69. The highest BCUT2D eigenvalue weighted by molar-refractivity contribution is 7.13. The fraction of sp³-hybridized carbons (Fsp3) is 0.556. The third kappa shape index (κ3) is 2.28. The highest BCUT2D eigenvalue weighted by Crippen LogP contribution is 2.19. The first kappa shape index (κ1) is 8.69. The lowest BCUT2D eigenvalue weighted by Crippen LogP contribution is -2.10. The second-order valence-electron chi connectivity index (χ2n) is 3.34. The van der Waals surface area contributed by atoms with E-state index in [9.17, 15) is 0 Å². The quantitative estimate of drug-likeness (QED) is 0.591. The lowest BCUT2D eigenvalue weighted by molar-refractivity contribution is 0.737. The normalized spacial score (nSPS) is 17.5. The van der Waals surface area contributed by atoms with Crippen molar-refractivity contribution in [2.75, 3.05) is 0 Å². The third-order valence-corrected chi connectivity index (χ3v) is 2.99. The van der Waals surface area contributed by atoms with Gasteiger partial charge in [-0.3, -0.25) is 0 Å². The second kappa shape index (κ2) is 3.46. The lowest BCUT2D eigenvalue weighted by atomic mass is 10.4. The molecular weight excluding hydrogens is 182 g/mol. The molecule has 3 nitrogen and oxygen atoms in total. The largest absolute Gasteiger partial charge is 0.307 e. The van der Waals surface area contributed by atoms with Gasteiger partial charge in [-0.05, 0) is 26.7 Å². The van der Waals surface area contributed by atoms with E-state index >= 15 is 0 Å². The van der Waals surface area contributed by atoms with E-state index in [2.05, 4.69) is 15.5 Å². The molecule has 13 heavy (non-hydrogen) atoms. The maximum Gasteiger partial charge on any atom is 0.0900 e. The van der Waals surface area contributed by atoms with E-state index in [1.807, 2.05) is 20.0 Å². The highest BCUT2D eigenvalue weighted by atomic mass is 32.1. The lowest BCUT2D eigenvalue weighted by Gasteiger charge is -1.97. The molecule has 0 aromatic carbocycles. The van der Waals surface area contributed by atoms with Crippen LogP contribution < -0.4 is 5.43 Å². The van der Waals surface area contributed by atoms with Crippen molar-refractivity contribution in [2.45, 2.75) is 32.7 Å². The number of hydrazone groups is 1. The summed E-state index contributed by atoms with van der Waals surface area (Å²) in [5.41, 5.74) is 4.17. The summed E-state index contributed by atoms with van der Waals surface area (Å²) in [5.74, 6) is 0. The minimum absolute atomic E-state index is 0.629. The van der Waals surface area contributed by atoms with Gasteiger partial charge in [-0.1, -0.05) is 0 Å². The van der Waals surface area contributed by atoms with Crippen LogP contribution in [0.2, 0.25) is 0 Å². The molecule has 0 unspecified atom stereocenters. The van der Waals surface area contributed by atoms with E-state index in [0.717, 1.165) is 15.6 Å². The summed E-state index contributed by atoms with van der Waals surface area (Å²) in [4.78, 5) is 5.35. The van der Waals surface area contributed by atoms with Gasteiger partial charge in [0.1, 0.15) is 0 Å². The predicted molar refractivity (Wildman–Crippen MR) is 55.2 cm³/mol. The van der Waals surface area contributed by atoms with Crippen molar-refractivity contribution in [3.05, 3.63) is 16.1 Å². The number of thiazole rings is 1. The van der Waals surface area contributed by atoms with E-state index in [4.69, 9.17) is 0 Å². The van der Waals surface area contributed by atoms with Gasteiger partial charge in [-0.15, -0.1) is 11.3 Å². The molecule has 1 N–H and O–H groups in total. The van der Waals surface area contributed by atoms with Crippen LogP contribution in [0.25, 0.3) is 0 Å². The van der Waals surface area contributed by atoms with Crippen molar-refractivity contribution >= 4 is 17.0 Å². The molecule has 1 fully saturated rings. The Labute approximate surface area is 81.9 Å². The van der Waals surface area contributed by atoms with Crippen molar-refractivity contribution < 1.29 is 0 Å². The molecule has 0 amide bonds. The Morgan fingerprint density at radius 2 is 2.46 bits per heavy atom. The summed E-state index contributed by atoms with van der Waals surface area (Å²) in [6, 6.07) is 0.629. The zero-order chi connectivity index (χ0) is 9.26. The standard InChI is InChI=1S/C9H13N3S/c1-6(11-12-8-3-4-8)9-5-10-7(2)13-9/h5,8,12H,3-4H2,1-2H3/b11-6+. The molecule has 2 rings (SSSR count). The summed E-state index contributed by atoms with van der Waals surface area (Å²) in [7, 11) is 0. The van der Waals surface area contributed by atoms with Gasteiger partial charge in [0.15, 0.2) is 0 Å². The van der Waals surface area contributed by atoms with Crippen molar-refractivity contribution in [1.29, 1.82) is 0 Å². The van der Waals surface area contributed by atoms with Gasteiger partial charge in [-0.2, -0.15) is 5.10 Å². The molecule has 1 heterocycles. The highest BCUT2D eigenvalue weighted by Gasteiger charge is 2.20. The molecule has 0 radical (unpaired) electrons. The zero-order valence-electron chi connectivity index (χ0n) is 7.87. The van der Waals surface area contributed by atoms with E-state index in [-0.39, 0.29) is 0 Å². The minimum Gasteiger partial charge on any atom is -0.307 e. The summed E-state index contributed by atoms with van der Waals surface area (Å²) < 4.78 is 0. The fourth-order valence-corrected chi connectivity index (χ4v) is 1.71. The summed E-state index contributed by atoms with van der Waals surface area (Å²) in [5, 5.41) is 5.40. The van der Waals surface area contributed by atoms with Gasteiger partial charge in [0.2, 0.25) is 0 Å². The minimum atomic E-state index is 0.629. The Kier molecular flexibility index (Phi) is 2.31. The van der Waals surface area contributed by atoms with Gasteiger partial charge >= 0.3 is 0 Å². The molecule has 4 heteroatoms. The van der Waals surface area contributed by atoms with Gasteiger partial charge in [0, 0.05) is 12.2 Å². The van der Waals surface area contributed by atoms with Gasteiger partial charge in [0.05, 0.1) is 15.6 Å². The summed E-state index contributed by atoms with van der Waals surface area (Å²) in [6.45, 7) is 4.03. The monoisotopic (exact) mass is 195 g/mol. The van der Waals surface area contributed by atoms with Gasteiger partial charge in [-0.25, -0.2) is 4.98 Å². The SMILES string of the molecule is C/C(=N\NC1CC1)c1cnc(C)s1. The van der Waals surface area contributed by atoms with Crippen LogP contribution in [0, 0.1) is 6.92 Å². The van der Waals surface area contributed by atoms with E-state index in [0.29, 0.717) is 6.04 Å². The van der Waals surface area contributed by atoms with Crippen molar-refractivity contribution in [1.82, 2.24) is 10.4 Å². The Balaban J connectivity index is 2.02. The average molecular weight is 195 g/mol. The molecule has 0 bridgehead atoms. The molecular formula is C9H13N3S. The summed E-state index contributed by atoms with van der Waals surface area (Å²) in [6.07, 6.45) is 4.41. The number of nitrogens with zero attached hydrogens (tertiary/aromatic N) is 2. The zero-order valence-corrected chi connectivity index (χ0v) is 8.69. The Morgan fingerprint density at radius 1 is 1.69 bits per heavy atom. The maximum absolute atomic E-state index is 4.31. The van der Waals surface area contributed by atoms with Crippen LogP contribution in [0.15, 0.2) is 11.3 Å². The Hall–Kier alpha value is -0.900. The smallest absolute Gasteiger partial charge is 0.0900 e. The van der Waals surface area contributed by atoms with Crippen molar-refractivity contribution in [2.24, 2.45) is 5.10 Å². The van der Waals surface area contributed by atoms with E-state index in [1.165, 1.54) is 12.8 Å². The number of hydrogen-bond donors (Lipinski definition) is 1. The first-order chi connectivity index (χ1) is 6.25.